The highest BCUT2D eigenvalue weighted by Gasteiger charge is 2.21. The number of carbonyl (C=O) groups excluding carboxylic acids is 1. The molecule has 0 aliphatic heterocycles. The predicted molar refractivity (Wildman–Crippen MR) is 69.5 cm³/mol. The summed E-state index contributed by atoms with van der Waals surface area (Å²) in [7, 11) is 0. The molecular weight excluding hydrogens is 249 g/mol. The molecule has 1 aromatic heterocycles. The van der Waals surface area contributed by atoms with Crippen molar-refractivity contribution in [2.24, 2.45) is 0 Å². The number of benzene rings is 1. The van der Waals surface area contributed by atoms with Crippen LogP contribution >= 0.6 is 0 Å². The lowest BCUT2D eigenvalue weighted by molar-refractivity contribution is 0.0888. The van der Waals surface area contributed by atoms with Crippen molar-refractivity contribution in [1.82, 2.24) is 5.32 Å². The highest BCUT2D eigenvalue weighted by Crippen LogP contribution is 2.27. The average Bonchev–Trinajstić information content (AvgIpc) is 2.75. The second-order valence-corrected chi connectivity index (χ2v) is 4.43. The maximum absolute atomic E-state index is 13.6. The Morgan fingerprint density at radius 2 is 2.26 bits per heavy atom. The fourth-order valence-corrected chi connectivity index (χ4v) is 1.95. The zero-order valence-corrected chi connectivity index (χ0v) is 10.9. The molecule has 1 atom stereocenters. The van der Waals surface area contributed by atoms with Crippen LogP contribution in [0.4, 0.5) is 4.39 Å². The van der Waals surface area contributed by atoms with E-state index in [1.807, 2.05) is 6.92 Å². The van der Waals surface area contributed by atoms with Crippen LogP contribution in [0.15, 0.2) is 22.6 Å². The van der Waals surface area contributed by atoms with E-state index in [4.69, 9.17) is 9.52 Å². The number of carbonyl (C=O) groups is 1. The number of rotatable bonds is 4. The van der Waals surface area contributed by atoms with E-state index < -0.39 is 11.7 Å². The molecule has 2 rings (SSSR count). The summed E-state index contributed by atoms with van der Waals surface area (Å²) >= 11 is 0. The van der Waals surface area contributed by atoms with Gasteiger partial charge in [-0.1, -0.05) is 19.1 Å². The Hall–Kier alpha value is -1.88. The first-order valence-corrected chi connectivity index (χ1v) is 6.17. The molecule has 2 aromatic rings. The first-order chi connectivity index (χ1) is 9.08. The fourth-order valence-electron chi connectivity index (χ4n) is 1.95. The lowest BCUT2D eigenvalue weighted by atomic mass is 10.1. The third kappa shape index (κ3) is 2.46. The number of hydrogen-bond donors (Lipinski definition) is 2. The molecule has 2 N–H and O–H groups in total. The fraction of sp³-hybridized carbons (Fsp3) is 0.357. The third-order valence-corrected chi connectivity index (χ3v) is 3.17. The number of furan rings is 1. The van der Waals surface area contributed by atoms with Gasteiger partial charge in [0.05, 0.1) is 12.6 Å². The quantitative estimate of drug-likeness (QED) is 0.892. The number of aliphatic hydroxyl groups excluding tert-OH is 1. The predicted octanol–water partition coefficient (Wildman–Crippen LogP) is 2.38. The van der Waals surface area contributed by atoms with Crippen LogP contribution in [0.2, 0.25) is 0 Å². The number of amides is 1. The second-order valence-electron chi connectivity index (χ2n) is 4.43. The second kappa shape index (κ2) is 5.40. The Bertz CT molecular complexity index is 602. The van der Waals surface area contributed by atoms with Gasteiger partial charge in [0.25, 0.3) is 5.91 Å². The minimum Gasteiger partial charge on any atom is -0.448 e. The van der Waals surface area contributed by atoms with E-state index in [0.29, 0.717) is 17.4 Å². The standard InChI is InChI=1S/C14H16FNO3/c1-3-9(7-17)16-14(18)12-8(2)10-5-4-6-11(15)13(10)19-12/h4-6,9,17H,3,7H2,1-2H3,(H,16,18). The summed E-state index contributed by atoms with van der Waals surface area (Å²) in [6.07, 6.45) is 0.607. The Balaban J connectivity index is 2.38. The molecule has 19 heavy (non-hydrogen) atoms. The molecule has 0 aliphatic carbocycles. The Morgan fingerprint density at radius 1 is 1.53 bits per heavy atom. The van der Waals surface area contributed by atoms with Gasteiger partial charge in [-0.2, -0.15) is 0 Å². The van der Waals surface area contributed by atoms with Crippen molar-refractivity contribution in [2.75, 3.05) is 6.61 Å². The van der Waals surface area contributed by atoms with Crippen molar-refractivity contribution in [3.8, 4) is 0 Å². The summed E-state index contributed by atoms with van der Waals surface area (Å²) in [6.45, 7) is 3.42. The minimum absolute atomic E-state index is 0.0854. The van der Waals surface area contributed by atoms with E-state index in [9.17, 15) is 9.18 Å². The molecule has 5 heteroatoms. The molecule has 4 nitrogen and oxygen atoms in total. The molecule has 102 valence electrons. The van der Waals surface area contributed by atoms with Crippen molar-refractivity contribution < 1.29 is 18.7 Å². The van der Waals surface area contributed by atoms with Gasteiger partial charge in [-0.05, 0) is 19.4 Å². The number of aryl methyl sites for hydroxylation is 1. The van der Waals surface area contributed by atoms with Crippen molar-refractivity contribution in [3.63, 3.8) is 0 Å². The number of nitrogens with one attached hydrogen (secondary N) is 1. The number of hydrogen-bond acceptors (Lipinski definition) is 3. The molecule has 1 heterocycles. The zero-order valence-electron chi connectivity index (χ0n) is 10.9. The maximum atomic E-state index is 13.6. The Morgan fingerprint density at radius 3 is 2.84 bits per heavy atom. The van der Waals surface area contributed by atoms with E-state index >= 15 is 0 Å². The molecule has 1 aromatic carbocycles. The average molecular weight is 265 g/mol. The van der Waals surface area contributed by atoms with E-state index in [2.05, 4.69) is 5.32 Å². The van der Waals surface area contributed by atoms with Gasteiger partial charge < -0.3 is 14.8 Å². The van der Waals surface area contributed by atoms with Crippen molar-refractivity contribution in [3.05, 3.63) is 35.3 Å². The van der Waals surface area contributed by atoms with Gasteiger partial charge in [0.2, 0.25) is 0 Å². The minimum atomic E-state index is -0.492. The van der Waals surface area contributed by atoms with Gasteiger partial charge in [0, 0.05) is 10.9 Å². The van der Waals surface area contributed by atoms with Crippen LogP contribution < -0.4 is 5.32 Å². The summed E-state index contributed by atoms with van der Waals surface area (Å²) in [4.78, 5) is 12.0. The largest absolute Gasteiger partial charge is 0.448 e. The van der Waals surface area contributed by atoms with Crippen LogP contribution in [0.3, 0.4) is 0 Å². The van der Waals surface area contributed by atoms with Crippen LogP contribution in [0.1, 0.15) is 29.5 Å². The van der Waals surface area contributed by atoms with E-state index in [-0.39, 0.29) is 24.0 Å². The SMILES string of the molecule is CCC(CO)NC(=O)c1oc2c(F)cccc2c1C. The van der Waals surface area contributed by atoms with Crippen LogP contribution in [0.5, 0.6) is 0 Å². The molecule has 1 unspecified atom stereocenters. The smallest absolute Gasteiger partial charge is 0.287 e. The van der Waals surface area contributed by atoms with E-state index in [1.165, 1.54) is 6.07 Å². The van der Waals surface area contributed by atoms with Gasteiger partial charge >= 0.3 is 0 Å². The van der Waals surface area contributed by atoms with Crippen LogP contribution in [-0.4, -0.2) is 23.7 Å². The molecule has 0 bridgehead atoms. The maximum Gasteiger partial charge on any atom is 0.287 e. The lowest BCUT2D eigenvalue weighted by Gasteiger charge is -2.12. The van der Waals surface area contributed by atoms with Crippen molar-refractivity contribution in [2.45, 2.75) is 26.3 Å². The molecular formula is C14H16FNO3. The molecule has 0 spiro atoms. The van der Waals surface area contributed by atoms with Crippen LogP contribution in [0.25, 0.3) is 11.0 Å². The molecule has 1 amide bonds. The van der Waals surface area contributed by atoms with Crippen molar-refractivity contribution in [1.29, 1.82) is 0 Å². The number of aliphatic hydroxyl groups is 1. The van der Waals surface area contributed by atoms with Gasteiger partial charge in [0.1, 0.15) is 0 Å². The summed E-state index contributed by atoms with van der Waals surface area (Å²) in [5.41, 5.74) is 0.682. The molecule has 0 aliphatic rings. The topological polar surface area (TPSA) is 62.5 Å². The summed E-state index contributed by atoms with van der Waals surface area (Å²) in [5.74, 6) is -0.838. The molecule has 0 fully saturated rings. The normalized spacial score (nSPS) is 12.6. The van der Waals surface area contributed by atoms with E-state index in [1.54, 1.807) is 19.1 Å². The van der Waals surface area contributed by atoms with Crippen molar-refractivity contribution >= 4 is 16.9 Å². The number of para-hydroxylation sites is 1. The Kier molecular flexibility index (Phi) is 3.85. The third-order valence-electron chi connectivity index (χ3n) is 3.17. The summed E-state index contributed by atoms with van der Waals surface area (Å²) in [6, 6.07) is 4.24. The lowest BCUT2D eigenvalue weighted by Crippen LogP contribution is -2.37. The monoisotopic (exact) mass is 265 g/mol. The molecule has 0 saturated carbocycles. The summed E-state index contributed by atoms with van der Waals surface area (Å²) in [5, 5.41) is 12.3. The first-order valence-electron chi connectivity index (χ1n) is 6.17. The molecule has 0 saturated heterocycles. The number of fused-ring (bicyclic) bond motifs is 1. The summed E-state index contributed by atoms with van der Waals surface area (Å²) < 4.78 is 18.9. The van der Waals surface area contributed by atoms with E-state index in [0.717, 1.165) is 0 Å². The van der Waals surface area contributed by atoms with Crippen LogP contribution in [0, 0.1) is 12.7 Å². The van der Waals surface area contributed by atoms with Gasteiger partial charge in [-0.15, -0.1) is 0 Å². The zero-order chi connectivity index (χ0) is 14.0. The van der Waals surface area contributed by atoms with Gasteiger partial charge in [0.15, 0.2) is 17.2 Å². The highest BCUT2D eigenvalue weighted by atomic mass is 19.1. The molecule has 0 radical (unpaired) electrons. The highest BCUT2D eigenvalue weighted by molar-refractivity contribution is 5.99. The van der Waals surface area contributed by atoms with Gasteiger partial charge in [-0.25, -0.2) is 4.39 Å². The first kappa shape index (κ1) is 13.5. The van der Waals surface area contributed by atoms with Gasteiger partial charge in [-0.3, -0.25) is 4.79 Å². The van der Waals surface area contributed by atoms with Crippen LogP contribution in [-0.2, 0) is 0 Å². The number of halogens is 1. The Labute approximate surface area is 110 Å².